The Bertz CT molecular complexity index is 423. The molecule has 0 saturated heterocycles. The number of hydrogen-bond donors (Lipinski definition) is 1. The molecule has 1 fully saturated rings. The summed E-state index contributed by atoms with van der Waals surface area (Å²) < 4.78 is 5.32. The first-order valence-corrected chi connectivity index (χ1v) is 5.62. The molecule has 2 rings (SSSR count). The zero-order chi connectivity index (χ0) is 12.0. The van der Waals surface area contributed by atoms with Crippen LogP contribution < -0.4 is 5.32 Å². The fraction of sp³-hybridized carbons (Fsp3) is 0.615. The van der Waals surface area contributed by atoms with Crippen molar-refractivity contribution in [1.29, 1.82) is 5.26 Å². The first-order valence-electron chi connectivity index (χ1n) is 5.62. The van der Waals surface area contributed by atoms with E-state index in [1.165, 1.54) is 0 Å². The van der Waals surface area contributed by atoms with E-state index in [0.29, 0.717) is 29.2 Å². The summed E-state index contributed by atoms with van der Waals surface area (Å²) in [5, 5.41) is 12.1. The molecule has 3 nitrogen and oxygen atoms in total. The van der Waals surface area contributed by atoms with Gasteiger partial charge in [0.2, 0.25) is 5.76 Å². The molecule has 0 spiro atoms. The lowest BCUT2D eigenvalue weighted by Gasteiger charge is -2.03. The van der Waals surface area contributed by atoms with Crippen LogP contribution in [0.2, 0.25) is 0 Å². The van der Waals surface area contributed by atoms with Gasteiger partial charge in [-0.15, -0.1) is 0 Å². The number of hydrogen-bond acceptors (Lipinski definition) is 3. The fourth-order valence-corrected chi connectivity index (χ4v) is 2.44. The predicted octanol–water partition coefficient (Wildman–Crippen LogP) is 2.68. The van der Waals surface area contributed by atoms with Crippen LogP contribution in [0.3, 0.4) is 0 Å². The monoisotopic (exact) mass is 218 g/mol. The number of rotatable bonds is 3. The van der Waals surface area contributed by atoms with Crippen molar-refractivity contribution in [3.63, 3.8) is 0 Å². The van der Waals surface area contributed by atoms with Crippen LogP contribution in [0.5, 0.6) is 0 Å². The molecule has 1 saturated carbocycles. The van der Waals surface area contributed by atoms with Gasteiger partial charge in [0.1, 0.15) is 11.8 Å². The van der Waals surface area contributed by atoms with E-state index in [9.17, 15) is 0 Å². The third kappa shape index (κ3) is 1.54. The molecule has 0 amide bonds. The number of nitrogens with zero attached hydrogens (tertiary/aromatic N) is 1. The van der Waals surface area contributed by atoms with Gasteiger partial charge in [0, 0.05) is 6.04 Å². The second-order valence-corrected chi connectivity index (χ2v) is 5.64. The summed E-state index contributed by atoms with van der Waals surface area (Å²) >= 11 is 0. The first kappa shape index (κ1) is 11.2. The van der Waals surface area contributed by atoms with Crippen molar-refractivity contribution in [3.05, 3.63) is 23.7 Å². The Morgan fingerprint density at radius 1 is 1.31 bits per heavy atom. The number of furan rings is 1. The van der Waals surface area contributed by atoms with Gasteiger partial charge in [-0.3, -0.25) is 0 Å². The second kappa shape index (κ2) is 3.36. The Morgan fingerprint density at radius 3 is 2.38 bits per heavy atom. The SMILES string of the molecule is CC1(C)C(NCc2ccc(C#N)o2)C1(C)C. The van der Waals surface area contributed by atoms with Crippen molar-refractivity contribution in [2.75, 3.05) is 0 Å². The summed E-state index contributed by atoms with van der Waals surface area (Å²) in [4.78, 5) is 0. The predicted molar refractivity (Wildman–Crippen MR) is 61.6 cm³/mol. The van der Waals surface area contributed by atoms with E-state index in [1.807, 2.05) is 12.1 Å². The van der Waals surface area contributed by atoms with Gasteiger partial charge in [-0.1, -0.05) is 27.7 Å². The molecular weight excluding hydrogens is 200 g/mol. The third-order valence-corrected chi connectivity index (χ3v) is 4.27. The first-order chi connectivity index (χ1) is 7.39. The topological polar surface area (TPSA) is 49.0 Å². The van der Waals surface area contributed by atoms with Crippen LogP contribution in [0.4, 0.5) is 0 Å². The average molecular weight is 218 g/mol. The number of nitriles is 1. The molecule has 1 aromatic heterocycles. The largest absolute Gasteiger partial charge is 0.449 e. The van der Waals surface area contributed by atoms with Crippen LogP contribution in [-0.4, -0.2) is 6.04 Å². The van der Waals surface area contributed by atoms with Gasteiger partial charge in [0.15, 0.2) is 0 Å². The molecule has 0 atom stereocenters. The summed E-state index contributed by atoms with van der Waals surface area (Å²) in [5.74, 6) is 1.21. The molecule has 86 valence electrons. The van der Waals surface area contributed by atoms with E-state index >= 15 is 0 Å². The van der Waals surface area contributed by atoms with E-state index in [0.717, 1.165) is 5.76 Å². The second-order valence-electron chi connectivity index (χ2n) is 5.64. The van der Waals surface area contributed by atoms with Crippen LogP contribution in [0.15, 0.2) is 16.5 Å². The zero-order valence-corrected chi connectivity index (χ0v) is 10.3. The molecule has 0 bridgehead atoms. The maximum Gasteiger partial charge on any atom is 0.203 e. The van der Waals surface area contributed by atoms with Gasteiger partial charge in [-0.2, -0.15) is 5.26 Å². The lowest BCUT2D eigenvalue weighted by Crippen LogP contribution is -2.21. The summed E-state index contributed by atoms with van der Waals surface area (Å²) in [5.41, 5.74) is 0.662. The zero-order valence-electron chi connectivity index (χ0n) is 10.3. The van der Waals surface area contributed by atoms with Gasteiger partial charge in [0.05, 0.1) is 6.54 Å². The molecule has 0 aliphatic heterocycles. The molecule has 1 heterocycles. The van der Waals surface area contributed by atoms with E-state index in [2.05, 4.69) is 33.0 Å². The summed E-state index contributed by atoms with van der Waals surface area (Å²) in [6, 6.07) is 6.06. The van der Waals surface area contributed by atoms with E-state index in [4.69, 9.17) is 9.68 Å². The molecule has 1 aliphatic rings. The van der Waals surface area contributed by atoms with Crippen molar-refractivity contribution in [3.8, 4) is 6.07 Å². The minimum absolute atomic E-state index is 0.331. The van der Waals surface area contributed by atoms with Crippen LogP contribution in [0.1, 0.15) is 39.2 Å². The molecule has 1 aliphatic carbocycles. The van der Waals surface area contributed by atoms with Crippen molar-refractivity contribution < 1.29 is 4.42 Å². The van der Waals surface area contributed by atoms with E-state index < -0.39 is 0 Å². The molecule has 3 heteroatoms. The van der Waals surface area contributed by atoms with Crippen LogP contribution in [0, 0.1) is 22.2 Å². The molecule has 0 aromatic carbocycles. The molecule has 16 heavy (non-hydrogen) atoms. The molecule has 0 radical (unpaired) electrons. The quantitative estimate of drug-likeness (QED) is 0.848. The van der Waals surface area contributed by atoms with Gasteiger partial charge >= 0.3 is 0 Å². The highest BCUT2D eigenvalue weighted by molar-refractivity contribution is 5.21. The van der Waals surface area contributed by atoms with Gasteiger partial charge in [-0.25, -0.2) is 0 Å². The summed E-state index contributed by atoms with van der Waals surface area (Å²) in [6.45, 7) is 9.78. The standard InChI is InChI=1S/C13H18N2O/c1-12(2)11(13(12,3)4)15-8-10-6-5-9(7-14)16-10/h5-6,11,15H,8H2,1-4H3. The highest BCUT2D eigenvalue weighted by atomic mass is 16.3. The lowest BCUT2D eigenvalue weighted by atomic mass is 10.0. The Kier molecular flexibility index (Phi) is 2.36. The van der Waals surface area contributed by atoms with Crippen molar-refractivity contribution >= 4 is 0 Å². The highest BCUT2D eigenvalue weighted by Gasteiger charge is 2.64. The Morgan fingerprint density at radius 2 is 1.94 bits per heavy atom. The Balaban J connectivity index is 1.93. The minimum Gasteiger partial charge on any atom is -0.449 e. The molecule has 0 unspecified atom stereocenters. The minimum atomic E-state index is 0.331. The van der Waals surface area contributed by atoms with E-state index in [-0.39, 0.29) is 0 Å². The van der Waals surface area contributed by atoms with Crippen molar-refractivity contribution in [2.24, 2.45) is 10.8 Å². The third-order valence-electron chi connectivity index (χ3n) is 4.27. The number of nitrogens with one attached hydrogen (secondary N) is 1. The van der Waals surface area contributed by atoms with Crippen molar-refractivity contribution in [2.45, 2.75) is 40.3 Å². The Hall–Kier alpha value is -1.27. The van der Waals surface area contributed by atoms with Gasteiger partial charge < -0.3 is 9.73 Å². The maximum absolute atomic E-state index is 8.64. The maximum atomic E-state index is 8.64. The van der Waals surface area contributed by atoms with Crippen molar-refractivity contribution in [1.82, 2.24) is 5.32 Å². The highest BCUT2D eigenvalue weighted by Crippen LogP contribution is 2.62. The fourth-order valence-electron chi connectivity index (χ4n) is 2.44. The smallest absolute Gasteiger partial charge is 0.203 e. The molecule has 1 N–H and O–H groups in total. The van der Waals surface area contributed by atoms with Gasteiger partial charge in [0.25, 0.3) is 0 Å². The molecular formula is C13H18N2O. The van der Waals surface area contributed by atoms with Crippen LogP contribution >= 0.6 is 0 Å². The van der Waals surface area contributed by atoms with Crippen LogP contribution in [-0.2, 0) is 6.54 Å². The lowest BCUT2D eigenvalue weighted by molar-refractivity contribution is 0.456. The Labute approximate surface area is 96.4 Å². The summed E-state index contributed by atoms with van der Waals surface area (Å²) in [6.07, 6.45) is 0. The molecule has 1 aromatic rings. The van der Waals surface area contributed by atoms with Crippen LogP contribution in [0.25, 0.3) is 0 Å². The average Bonchev–Trinajstić information content (AvgIpc) is 2.60. The summed E-state index contributed by atoms with van der Waals surface area (Å²) in [7, 11) is 0. The van der Waals surface area contributed by atoms with E-state index in [1.54, 1.807) is 6.07 Å². The normalized spacial score (nSPS) is 21.7. The van der Waals surface area contributed by atoms with Gasteiger partial charge in [-0.05, 0) is 23.0 Å².